The molecule has 0 saturated carbocycles. The molecule has 2 aromatic carbocycles. The van der Waals surface area contributed by atoms with Crippen molar-refractivity contribution in [1.29, 1.82) is 0 Å². The predicted molar refractivity (Wildman–Crippen MR) is 90.8 cm³/mol. The van der Waals surface area contributed by atoms with Gasteiger partial charge in [-0.1, -0.05) is 53.3 Å². The zero-order valence-electron chi connectivity index (χ0n) is 12.7. The van der Waals surface area contributed by atoms with Crippen LogP contribution in [-0.2, 0) is 0 Å². The minimum atomic E-state index is 0.687. The van der Waals surface area contributed by atoms with Gasteiger partial charge in [-0.15, -0.1) is 10.2 Å². The van der Waals surface area contributed by atoms with Crippen molar-refractivity contribution in [3.63, 3.8) is 0 Å². The van der Waals surface area contributed by atoms with Crippen LogP contribution in [-0.4, -0.2) is 26.9 Å². The molecule has 2 heterocycles. The number of aryl methyl sites for hydroxylation is 1. The molecule has 0 fully saturated rings. The standard InChI is InChI=1S/C17H14N4OS/c1-11-7-9-12(10-8-11)16-20-21-15(18-19-17(21)23-16)13-5-3-4-6-14(13)22-2/h3-10H,1-2H3. The number of hydrogen-bond acceptors (Lipinski definition) is 5. The molecule has 0 aliphatic carbocycles. The summed E-state index contributed by atoms with van der Waals surface area (Å²) >= 11 is 1.52. The van der Waals surface area contributed by atoms with Gasteiger partial charge in [-0.05, 0) is 19.1 Å². The summed E-state index contributed by atoms with van der Waals surface area (Å²) in [5.41, 5.74) is 3.19. The molecular weight excluding hydrogens is 308 g/mol. The Morgan fingerprint density at radius 2 is 1.78 bits per heavy atom. The number of nitrogens with zero attached hydrogens (tertiary/aromatic N) is 4. The first kappa shape index (κ1) is 13.9. The Morgan fingerprint density at radius 1 is 1.00 bits per heavy atom. The van der Waals surface area contributed by atoms with Gasteiger partial charge >= 0.3 is 0 Å². The number of rotatable bonds is 3. The van der Waals surface area contributed by atoms with Crippen molar-refractivity contribution < 1.29 is 4.74 Å². The molecule has 0 atom stereocenters. The van der Waals surface area contributed by atoms with E-state index in [-0.39, 0.29) is 0 Å². The number of fused-ring (bicyclic) bond motifs is 1. The van der Waals surface area contributed by atoms with E-state index in [0.29, 0.717) is 5.82 Å². The van der Waals surface area contributed by atoms with Crippen molar-refractivity contribution in [2.45, 2.75) is 6.92 Å². The third kappa shape index (κ3) is 2.37. The minimum absolute atomic E-state index is 0.687. The molecule has 0 unspecified atom stereocenters. The topological polar surface area (TPSA) is 52.3 Å². The second kappa shape index (κ2) is 5.48. The van der Waals surface area contributed by atoms with E-state index in [4.69, 9.17) is 4.74 Å². The van der Waals surface area contributed by atoms with E-state index in [1.807, 2.05) is 24.3 Å². The molecule has 0 bridgehead atoms. The largest absolute Gasteiger partial charge is 0.496 e. The van der Waals surface area contributed by atoms with Crippen LogP contribution in [0.15, 0.2) is 48.5 Å². The molecule has 0 amide bonds. The van der Waals surface area contributed by atoms with Crippen LogP contribution in [0.4, 0.5) is 0 Å². The smallest absolute Gasteiger partial charge is 0.235 e. The zero-order valence-corrected chi connectivity index (χ0v) is 13.5. The van der Waals surface area contributed by atoms with Crippen molar-refractivity contribution in [3.8, 4) is 27.7 Å². The number of hydrogen-bond donors (Lipinski definition) is 0. The number of ether oxygens (including phenoxy) is 1. The molecule has 0 spiro atoms. The van der Waals surface area contributed by atoms with E-state index in [2.05, 4.69) is 46.5 Å². The fourth-order valence-electron chi connectivity index (χ4n) is 2.43. The molecule has 0 aliphatic heterocycles. The van der Waals surface area contributed by atoms with Crippen LogP contribution in [0.3, 0.4) is 0 Å². The number of aromatic nitrogens is 4. The van der Waals surface area contributed by atoms with Gasteiger partial charge in [0.05, 0.1) is 12.7 Å². The quantitative estimate of drug-likeness (QED) is 0.575. The molecule has 23 heavy (non-hydrogen) atoms. The Hall–Kier alpha value is -2.73. The van der Waals surface area contributed by atoms with Crippen LogP contribution in [0.5, 0.6) is 5.75 Å². The maximum absolute atomic E-state index is 5.42. The van der Waals surface area contributed by atoms with E-state index in [9.17, 15) is 0 Å². The van der Waals surface area contributed by atoms with Crippen molar-refractivity contribution in [2.75, 3.05) is 7.11 Å². The lowest BCUT2D eigenvalue weighted by atomic mass is 10.2. The predicted octanol–water partition coefficient (Wildman–Crippen LogP) is 3.84. The van der Waals surface area contributed by atoms with Gasteiger partial charge in [0.25, 0.3) is 0 Å². The number of benzene rings is 2. The van der Waals surface area contributed by atoms with Gasteiger partial charge in [0.2, 0.25) is 4.96 Å². The first-order valence-electron chi connectivity index (χ1n) is 7.19. The van der Waals surface area contributed by atoms with E-state index in [1.54, 1.807) is 11.6 Å². The maximum atomic E-state index is 5.42. The molecule has 0 N–H and O–H groups in total. The summed E-state index contributed by atoms with van der Waals surface area (Å²) in [6.07, 6.45) is 0. The summed E-state index contributed by atoms with van der Waals surface area (Å²) in [4.78, 5) is 0.765. The van der Waals surface area contributed by atoms with Crippen LogP contribution in [0.2, 0.25) is 0 Å². The van der Waals surface area contributed by atoms with Gasteiger partial charge in [-0.25, -0.2) is 0 Å². The summed E-state index contributed by atoms with van der Waals surface area (Å²) in [5, 5.41) is 14.1. The highest BCUT2D eigenvalue weighted by atomic mass is 32.1. The first-order chi connectivity index (χ1) is 11.3. The second-order valence-electron chi connectivity index (χ2n) is 5.19. The van der Waals surface area contributed by atoms with Crippen LogP contribution < -0.4 is 4.74 Å². The van der Waals surface area contributed by atoms with Gasteiger partial charge < -0.3 is 4.74 Å². The fraction of sp³-hybridized carbons (Fsp3) is 0.118. The normalized spacial score (nSPS) is 11.0. The molecule has 114 valence electrons. The Bertz CT molecular complexity index is 972. The summed E-state index contributed by atoms with van der Waals surface area (Å²) in [6, 6.07) is 16.1. The zero-order chi connectivity index (χ0) is 15.8. The highest BCUT2D eigenvalue weighted by Gasteiger charge is 2.16. The van der Waals surface area contributed by atoms with Crippen molar-refractivity contribution in [3.05, 3.63) is 54.1 Å². The van der Waals surface area contributed by atoms with E-state index < -0.39 is 0 Å². The Labute approximate surface area is 137 Å². The highest BCUT2D eigenvalue weighted by Crippen LogP contribution is 2.31. The van der Waals surface area contributed by atoms with Crippen LogP contribution in [0, 0.1) is 6.92 Å². The summed E-state index contributed by atoms with van der Waals surface area (Å²) in [5.74, 6) is 1.44. The monoisotopic (exact) mass is 322 g/mol. The van der Waals surface area contributed by atoms with Gasteiger partial charge in [0, 0.05) is 5.56 Å². The summed E-state index contributed by atoms with van der Waals surface area (Å²) in [6.45, 7) is 2.07. The molecule has 0 aliphatic rings. The third-order valence-electron chi connectivity index (χ3n) is 3.64. The molecule has 4 aromatic rings. The lowest BCUT2D eigenvalue weighted by Gasteiger charge is -2.04. The lowest BCUT2D eigenvalue weighted by molar-refractivity contribution is 0.416. The SMILES string of the molecule is COc1ccccc1-c1nnc2sc(-c3ccc(C)cc3)nn12. The number of methoxy groups -OCH3 is 1. The Morgan fingerprint density at radius 3 is 2.57 bits per heavy atom. The second-order valence-corrected chi connectivity index (χ2v) is 6.15. The van der Waals surface area contributed by atoms with Crippen LogP contribution in [0.1, 0.15) is 5.56 Å². The molecule has 0 radical (unpaired) electrons. The van der Waals surface area contributed by atoms with Crippen LogP contribution >= 0.6 is 11.3 Å². The van der Waals surface area contributed by atoms with Crippen molar-refractivity contribution >= 4 is 16.3 Å². The van der Waals surface area contributed by atoms with Gasteiger partial charge in [-0.3, -0.25) is 0 Å². The van der Waals surface area contributed by atoms with Gasteiger partial charge in [0.1, 0.15) is 10.8 Å². The highest BCUT2D eigenvalue weighted by molar-refractivity contribution is 7.19. The lowest BCUT2D eigenvalue weighted by Crippen LogP contribution is -1.94. The van der Waals surface area contributed by atoms with E-state index in [1.165, 1.54) is 16.9 Å². The fourth-order valence-corrected chi connectivity index (χ4v) is 3.27. The summed E-state index contributed by atoms with van der Waals surface area (Å²) < 4.78 is 7.19. The molecule has 2 aromatic heterocycles. The van der Waals surface area contributed by atoms with Gasteiger partial charge in [0.15, 0.2) is 5.82 Å². The summed E-state index contributed by atoms with van der Waals surface area (Å²) in [7, 11) is 1.65. The molecule has 5 nitrogen and oxygen atoms in total. The Balaban J connectivity index is 1.85. The molecule has 4 rings (SSSR count). The van der Waals surface area contributed by atoms with Crippen molar-refractivity contribution in [1.82, 2.24) is 19.8 Å². The molecular formula is C17H14N4OS. The van der Waals surface area contributed by atoms with E-state index in [0.717, 1.165) is 26.8 Å². The Kier molecular flexibility index (Phi) is 3.31. The molecule has 6 heteroatoms. The average molecular weight is 322 g/mol. The number of para-hydroxylation sites is 1. The first-order valence-corrected chi connectivity index (χ1v) is 8.00. The third-order valence-corrected chi connectivity index (χ3v) is 4.59. The molecule has 0 saturated heterocycles. The van der Waals surface area contributed by atoms with E-state index >= 15 is 0 Å². The van der Waals surface area contributed by atoms with Crippen LogP contribution in [0.25, 0.3) is 26.9 Å². The average Bonchev–Trinajstić information content (AvgIpc) is 3.16. The van der Waals surface area contributed by atoms with Crippen molar-refractivity contribution in [2.24, 2.45) is 0 Å². The van der Waals surface area contributed by atoms with Gasteiger partial charge in [-0.2, -0.15) is 9.61 Å². The minimum Gasteiger partial charge on any atom is -0.496 e. The maximum Gasteiger partial charge on any atom is 0.235 e.